The van der Waals surface area contributed by atoms with Gasteiger partial charge in [0.25, 0.3) is 0 Å². The van der Waals surface area contributed by atoms with Gasteiger partial charge in [-0.15, -0.1) is 0 Å². The van der Waals surface area contributed by atoms with Crippen LogP contribution in [-0.4, -0.2) is 99.0 Å². The number of urea groups is 1. The first-order chi connectivity index (χ1) is 12.1. The summed E-state index contributed by atoms with van der Waals surface area (Å²) in [6.07, 6.45) is 3.23. The van der Waals surface area contributed by atoms with E-state index in [0.29, 0.717) is 45.6 Å². The average Bonchev–Trinajstić information content (AvgIpc) is 3.06. The first kappa shape index (κ1) is 19.4. The van der Waals surface area contributed by atoms with Crippen molar-refractivity contribution in [2.45, 2.75) is 26.2 Å². The number of hydrogen-bond donors (Lipinski definition) is 0. The molecule has 26 heavy (non-hydrogen) atoms. The summed E-state index contributed by atoms with van der Waals surface area (Å²) < 4.78 is 25.3. The summed E-state index contributed by atoms with van der Waals surface area (Å²) >= 11 is 0. The Balaban J connectivity index is 1.93. The average molecular weight is 387 g/mol. The number of amides is 3. The van der Waals surface area contributed by atoms with E-state index in [1.165, 1.54) is 10.6 Å². The Morgan fingerprint density at radius 1 is 1.12 bits per heavy atom. The molecule has 0 bridgehead atoms. The summed E-state index contributed by atoms with van der Waals surface area (Å²) in [5, 5.41) is 0. The summed E-state index contributed by atoms with van der Waals surface area (Å²) in [6.45, 7) is 5.19. The van der Waals surface area contributed by atoms with Crippen molar-refractivity contribution in [3.8, 4) is 0 Å². The lowest BCUT2D eigenvalue weighted by atomic mass is 9.60. The van der Waals surface area contributed by atoms with Crippen molar-refractivity contribution < 1.29 is 18.0 Å². The van der Waals surface area contributed by atoms with Crippen LogP contribution in [0.4, 0.5) is 4.79 Å². The van der Waals surface area contributed by atoms with Gasteiger partial charge in [-0.2, -0.15) is 0 Å². The highest BCUT2D eigenvalue weighted by Crippen LogP contribution is 2.58. The van der Waals surface area contributed by atoms with Crippen LogP contribution < -0.4 is 0 Å². The number of sulfonamides is 1. The van der Waals surface area contributed by atoms with Gasteiger partial charge in [-0.25, -0.2) is 17.5 Å². The van der Waals surface area contributed by atoms with Gasteiger partial charge in [0, 0.05) is 58.8 Å². The number of carbonyl (C=O) groups is 2. The molecule has 0 aromatic rings. The van der Waals surface area contributed by atoms with Crippen molar-refractivity contribution in [3.05, 3.63) is 0 Å². The van der Waals surface area contributed by atoms with E-state index in [1.807, 2.05) is 11.8 Å². The zero-order chi connectivity index (χ0) is 19.3. The van der Waals surface area contributed by atoms with Gasteiger partial charge in [0.2, 0.25) is 15.9 Å². The normalized spacial score (nSPS) is 29.2. The smallest absolute Gasteiger partial charge is 0.319 e. The van der Waals surface area contributed by atoms with Crippen molar-refractivity contribution in [3.63, 3.8) is 0 Å². The number of rotatable bonds is 2. The van der Waals surface area contributed by atoms with Gasteiger partial charge < -0.3 is 14.7 Å². The van der Waals surface area contributed by atoms with E-state index in [-0.39, 0.29) is 17.4 Å². The molecule has 3 fully saturated rings. The van der Waals surface area contributed by atoms with Gasteiger partial charge in [-0.1, -0.05) is 0 Å². The third-order valence-corrected chi connectivity index (χ3v) is 7.96. The SMILES string of the molecule is CCN1CCC2(CN(C(=O)N(C)C)CC23CCN(S(C)(=O)=O)CC3)C1=O. The maximum absolute atomic E-state index is 13.3. The molecule has 3 aliphatic rings. The van der Waals surface area contributed by atoms with Gasteiger partial charge in [0.05, 0.1) is 11.7 Å². The molecular weight excluding hydrogens is 356 g/mol. The highest BCUT2D eigenvalue weighted by atomic mass is 32.2. The van der Waals surface area contributed by atoms with Crippen LogP contribution in [0.2, 0.25) is 0 Å². The summed E-state index contributed by atoms with van der Waals surface area (Å²) in [5.74, 6) is 0.141. The quantitative estimate of drug-likeness (QED) is 0.682. The van der Waals surface area contributed by atoms with E-state index in [0.717, 1.165) is 13.0 Å². The molecule has 148 valence electrons. The molecular formula is C17H30N4O4S. The monoisotopic (exact) mass is 386 g/mol. The Hall–Kier alpha value is -1.35. The Labute approximate surface area is 156 Å². The van der Waals surface area contributed by atoms with Gasteiger partial charge in [-0.05, 0) is 26.2 Å². The molecule has 3 rings (SSSR count). The minimum Gasteiger partial charge on any atom is -0.342 e. The van der Waals surface area contributed by atoms with Crippen LogP contribution in [0, 0.1) is 10.8 Å². The first-order valence-corrected chi connectivity index (χ1v) is 11.1. The zero-order valence-electron chi connectivity index (χ0n) is 16.2. The summed E-state index contributed by atoms with van der Waals surface area (Å²) in [5.41, 5.74) is -0.904. The number of hydrogen-bond acceptors (Lipinski definition) is 4. The topological polar surface area (TPSA) is 81.2 Å². The molecule has 1 atom stereocenters. The maximum atomic E-state index is 13.3. The number of piperidine rings is 1. The molecule has 0 N–H and O–H groups in total. The standard InChI is InChI=1S/C17H30N4O4S/c1-5-19-9-8-17(14(19)22)13-20(15(23)18(2)3)12-16(17)6-10-21(11-7-16)26(4,24)25/h5-13H2,1-4H3. The van der Waals surface area contributed by atoms with E-state index in [1.54, 1.807) is 23.9 Å². The second-order valence-electron chi connectivity index (χ2n) is 8.19. The molecule has 0 aromatic carbocycles. The van der Waals surface area contributed by atoms with Crippen LogP contribution in [0.3, 0.4) is 0 Å². The van der Waals surface area contributed by atoms with Crippen molar-refractivity contribution in [2.24, 2.45) is 10.8 Å². The van der Waals surface area contributed by atoms with Crippen LogP contribution >= 0.6 is 0 Å². The Morgan fingerprint density at radius 2 is 1.73 bits per heavy atom. The molecule has 3 aliphatic heterocycles. The van der Waals surface area contributed by atoms with Gasteiger partial charge >= 0.3 is 6.03 Å². The number of fused-ring (bicyclic) bond motifs is 1. The predicted molar refractivity (Wildman–Crippen MR) is 98.0 cm³/mol. The third kappa shape index (κ3) is 2.79. The molecule has 0 aliphatic carbocycles. The summed E-state index contributed by atoms with van der Waals surface area (Å²) in [4.78, 5) is 31.1. The maximum Gasteiger partial charge on any atom is 0.319 e. The third-order valence-electron chi connectivity index (χ3n) is 6.66. The van der Waals surface area contributed by atoms with E-state index >= 15 is 0 Å². The van der Waals surface area contributed by atoms with Gasteiger partial charge in [-0.3, -0.25) is 4.79 Å². The summed E-state index contributed by atoms with van der Waals surface area (Å²) in [7, 11) is 0.216. The lowest BCUT2D eigenvalue weighted by molar-refractivity contribution is -0.141. The molecule has 3 heterocycles. The largest absolute Gasteiger partial charge is 0.342 e. The fourth-order valence-corrected chi connectivity index (χ4v) is 5.99. The minimum absolute atomic E-state index is 0.0745. The Bertz CT molecular complexity index is 700. The lowest BCUT2D eigenvalue weighted by Crippen LogP contribution is -2.53. The van der Waals surface area contributed by atoms with Crippen molar-refractivity contribution in [1.29, 1.82) is 0 Å². The molecule has 0 radical (unpaired) electrons. The van der Waals surface area contributed by atoms with Crippen LogP contribution in [-0.2, 0) is 14.8 Å². The van der Waals surface area contributed by atoms with E-state index in [9.17, 15) is 18.0 Å². The fourth-order valence-electron chi connectivity index (χ4n) is 5.14. The number of likely N-dealkylation sites (tertiary alicyclic amines) is 2. The molecule has 0 aromatic heterocycles. The van der Waals surface area contributed by atoms with Gasteiger partial charge in [0.15, 0.2) is 0 Å². The highest BCUT2D eigenvalue weighted by Gasteiger charge is 2.66. The molecule has 3 amide bonds. The van der Waals surface area contributed by atoms with Crippen LogP contribution in [0.5, 0.6) is 0 Å². The molecule has 2 spiro atoms. The van der Waals surface area contributed by atoms with Gasteiger partial charge in [0.1, 0.15) is 0 Å². The molecule has 0 saturated carbocycles. The van der Waals surface area contributed by atoms with Crippen molar-refractivity contribution >= 4 is 22.0 Å². The molecule has 3 saturated heterocycles. The van der Waals surface area contributed by atoms with Crippen molar-refractivity contribution in [1.82, 2.24) is 19.0 Å². The van der Waals surface area contributed by atoms with Crippen molar-refractivity contribution in [2.75, 3.05) is 59.6 Å². The number of nitrogens with zero attached hydrogens (tertiary/aromatic N) is 4. The van der Waals surface area contributed by atoms with E-state index in [4.69, 9.17) is 0 Å². The summed E-state index contributed by atoms with van der Waals surface area (Å²) in [6, 6.07) is -0.0745. The van der Waals surface area contributed by atoms with Crippen LogP contribution in [0.1, 0.15) is 26.2 Å². The Kier molecular flexibility index (Phi) is 4.75. The predicted octanol–water partition coefficient (Wildman–Crippen LogP) is 0.264. The minimum atomic E-state index is -3.23. The van der Waals surface area contributed by atoms with E-state index in [2.05, 4.69) is 0 Å². The first-order valence-electron chi connectivity index (χ1n) is 9.27. The second-order valence-corrected chi connectivity index (χ2v) is 10.2. The molecule has 1 unspecified atom stereocenters. The highest BCUT2D eigenvalue weighted by molar-refractivity contribution is 7.88. The lowest BCUT2D eigenvalue weighted by Gasteiger charge is -2.46. The molecule has 8 nitrogen and oxygen atoms in total. The van der Waals surface area contributed by atoms with Crippen LogP contribution in [0.25, 0.3) is 0 Å². The van der Waals surface area contributed by atoms with Crippen LogP contribution in [0.15, 0.2) is 0 Å². The zero-order valence-corrected chi connectivity index (χ0v) is 17.0. The second kappa shape index (κ2) is 6.37. The number of carbonyl (C=O) groups excluding carboxylic acids is 2. The molecule has 9 heteroatoms. The van der Waals surface area contributed by atoms with E-state index < -0.39 is 15.4 Å². The fraction of sp³-hybridized carbons (Fsp3) is 0.882. The Morgan fingerprint density at radius 3 is 2.19 bits per heavy atom.